The van der Waals surface area contributed by atoms with Crippen molar-refractivity contribution in [3.8, 4) is 0 Å². The number of carboxylic acids is 1. The number of unbranched alkanes of at least 4 members (excludes halogenated alkanes) is 5. The van der Waals surface area contributed by atoms with Crippen LogP contribution in [0.5, 0.6) is 0 Å². The maximum Gasteiger partial charge on any atom is 0.303 e. The van der Waals surface area contributed by atoms with Crippen LogP contribution in [0, 0.1) is 11.8 Å². The first-order valence-electron chi connectivity index (χ1n) is 10.5. The third-order valence-electron chi connectivity index (χ3n) is 5.41. The van der Waals surface area contributed by atoms with E-state index in [0.29, 0.717) is 19.3 Å². The molecule has 1 fully saturated rings. The first-order valence-corrected chi connectivity index (χ1v) is 10.5. The normalized spacial score (nSPS) is 27.0. The lowest BCUT2D eigenvalue weighted by Gasteiger charge is -2.19. The van der Waals surface area contributed by atoms with Crippen molar-refractivity contribution in [3.05, 3.63) is 24.3 Å². The van der Waals surface area contributed by atoms with E-state index in [1.807, 2.05) is 6.08 Å². The Morgan fingerprint density at radius 2 is 1.85 bits per heavy atom. The van der Waals surface area contributed by atoms with Crippen molar-refractivity contribution in [3.63, 3.8) is 0 Å². The molecule has 5 heteroatoms. The fraction of sp³-hybridized carbons (Fsp3) is 0.773. The van der Waals surface area contributed by atoms with E-state index in [0.717, 1.165) is 44.9 Å². The van der Waals surface area contributed by atoms with Crippen molar-refractivity contribution in [2.75, 3.05) is 0 Å². The van der Waals surface area contributed by atoms with Crippen molar-refractivity contribution in [1.29, 1.82) is 0 Å². The second-order valence-corrected chi connectivity index (χ2v) is 7.76. The summed E-state index contributed by atoms with van der Waals surface area (Å²) in [6.07, 6.45) is 15.0. The van der Waals surface area contributed by atoms with Gasteiger partial charge in [-0.2, -0.15) is 0 Å². The number of aliphatic carboxylic acids is 1. The lowest BCUT2D eigenvalue weighted by molar-refractivity contribution is -0.137. The fourth-order valence-electron chi connectivity index (χ4n) is 3.75. The van der Waals surface area contributed by atoms with Gasteiger partial charge in [-0.1, -0.05) is 56.9 Å². The molecule has 1 rings (SSSR count). The van der Waals surface area contributed by atoms with E-state index >= 15 is 0 Å². The number of hydrogen-bond donors (Lipinski definition) is 4. The molecule has 5 atom stereocenters. The second-order valence-electron chi connectivity index (χ2n) is 7.76. The topological polar surface area (TPSA) is 98.0 Å². The van der Waals surface area contributed by atoms with Gasteiger partial charge in [-0.3, -0.25) is 4.79 Å². The van der Waals surface area contributed by atoms with Gasteiger partial charge in [0.1, 0.15) is 0 Å². The van der Waals surface area contributed by atoms with Crippen LogP contribution in [0.25, 0.3) is 0 Å². The van der Waals surface area contributed by atoms with Crippen LogP contribution in [-0.4, -0.2) is 44.7 Å². The van der Waals surface area contributed by atoms with Gasteiger partial charge in [0.05, 0.1) is 18.3 Å². The molecule has 0 amide bonds. The summed E-state index contributed by atoms with van der Waals surface area (Å²) in [5, 5.41) is 39.1. The molecule has 1 aliphatic rings. The van der Waals surface area contributed by atoms with Crippen molar-refractivity contribution in [2.45, 2.75) is 95.9 Å². The number of carboxylic acid groups (broad SMARTS) is 1. The molecule has 0 unspecified atom stereocenters. The molecule has 156 valence electrons. The molecule has 0 spiro atoms. The monoisotopic (exact) mass is 382 g/mol. The highest BCUT2D eigenvalue weighted by Crippen LogP contribution is 2.36. The van der Waals surface area contributed by atoms with Crippen LogP contribution in [0.2, 0.25) is 0 Å². The van der Waals surface area contributed by atoms with Crippen LogP contribution in [0.15, 0.2) is 24.3 Å². The zero-order valence-corrected chi connectivity index (χ0v) is 16.7. The number of aliphatic hydroxyl groups excluding tert-OH is 3. The lowest BCUT2D eigenvalue weighted by Crippen LogP contribution is -2.20. The first-order chi connectivity index (χ1) is 13.0. The molecule has 0 aromatic heterocycles. The van der Waals surface area contributed by atoms with Crippen LogP contribution in [0.4, 0.5) is 0 Å². The molecule has 0 aromatic carbocycles. The van der Waals surface area contributed by atoms with Gasteiger partial charge in [-0.05, 0) is 38.0 Å². The molecule has 0 bridgehead atoms. The van der Waals surface area contributed by atoms with E-state index in [9.17, 15) is 20.1 Å². The van der Waals surface area contributed by atoms with Gasteiger partial charge in [0.25, 0.3) is 0 Å². The Morgan fingerprint density at radius 3 is 2.56 bits per heavy atom. The Balaban J connectivity index is 2.37. The largest absolute Gasteiger partial charge is 0.481 e. The number of rotatable bonds is 14. The Hall–Kier alpha value is -1.17. The predicted molar refractivity (Wildman–Crippen MR) is 107 cm³/mol. The summed E-state index contributed by atoms with van der Waals surface area (Å²) in [5.74, 6) is -0.891. The average Bonchev–Trinajstić information content (AvgIpc) is 2.88. The maximum atomic E-state index is 10.5. The van der Waals surface area contributed by atoms with Crippen LogP contribution in [0.3, 0.4) is 0 Å². The number of allylic oxidation sites excluding steroid dienone is 2. The van der Waals surface area contributed by atoms with Crippen LogP contribution >= 0.6 is 0 Å². The zero-order chi connectivity index (χ0) is 20.1. The van der Waals surface area contributed by atoms with Crippen molar-refractivity contribution >= 4 is 5.97 Å². The lowest BCUT2D eigenvalue weighted by atomic mass is 9.89. The third-order valence-corrected chi connectivity index (χ3v) is 5.41. The molecule has 27 heavy (non-hydrogen) atoms. The summed E-state index contributed by atoms with van der Waals surface area (Å²) >= 11 is 0. The molecule has 5 nitrogen and oxygen atoms in total. The van der Waals surface area contributed by atoms with Gasteiger partial charge < -0.3 is 20.4 Å². The van der Waals surface area contributed by atoms with E-state index in [2.05, 4.69) is 19.1 Å². The van der Waals surface area contributed by atoms with Gasteiger partial charge in [0, 0.05) is 18.8 Å². The van der Waals surface area contributed by atoms with Crippen molar-refractivity contribution in [1.82, 2.24) is 0 Å². The SMILES string of the molecule is CCCCC[C@H](O)/C=C/[C@@H]1[C@@H](C/C=C/CCCCCC(=O)O)[C@@H](O)C[C@H]1O. The van der Waals surface area contributed by atoms with Crippen LogP contribution in [-0.2, 0) is 4.79 Å². The minimum Gasteiger partial charge on any atom is -0.481 e. The summed E-state index contributed by atoms with van der Waals surface area (Å²) in [4.78, 5) is 10.5. The third kappa shape index (κ3) is 10.1. The maximum absolute atomic E-state index is 10.5. The second kappa shape index (κ2) is 13.9. The van der Waals surface area contributed by atoms with Crippen LogP contribution in [0.1, 0.15) is 77.6 Å². The summed E-state index contributed by atoms with van der Waals surface area (Å²) in [6.45, 7) is 2.13. The molecule has 0 saturated heterocycles. The van der Waals surface area contributed by atoms with Crippen LogP contribution < -0.4 is 0 Å². The minimum atomic E-state index is -0.742. The van der Waals surface area contributed by atoms with Crippen molar-refractivity contribution < 1.29 is 25.2 Å². The fourth-order valence-corrected chi connectivity index (χ4v) is 3.75. The summed E-state index contributed by atoms with van der Waals surface area (Å²) in [5.41, 5.74) is 0. The van der Waals surface area contributed by atoms with E-state index in [4.69, 9.17) is 5.11 Å². The highest BCUT2D eigenvalue weighted by atomic mass is 16.4. The summed E-state index contributed by atoms with van der Waals surface area (Å²) < 4.78 is 0. The van der Waals surface area contributed by atoms with Gasteiger partial charge >= 0.3 is 5.97 Å². The highest BCUT2D eigenvalue weighted by molar-refractivity contribution is 5.66. The van der Waals surface area contributed by atoms with E-state index in [1.54, 1.807) is 6.08 Å². The molecule has 4 N–H and O–H groups in total. The molecule has 0 heterocycles. The van der Waals surface area contributed by atoms with Gasteiger partial charge in [0.15, 0.2) is 0 Å². The Morgan fingerprint density at radius 1 is 1.07 bits per heavy atom. The van der Waals surface area contributed by atoms with Crippen molar-refractivity contribution in [2.24, 2.45) is 11.8 Å². The Labute approximate surface area is 163 Å². The van der Waals surface area contributed by atoms with E-state index < -0.39 is 24.3 Å². The Bertz CT molecular complexity index is 460. The quantitative estimate of drug-likeness (QED) is 0.270. The number of carbonyl (C=O) groups is 1. The first kappa shape index (κ1) is 23.9. The van der Waals surface area contributed by atoms with Gasteiger partial charge in [-0.25, -0.2) is 0 Å². The molecule has 0 radical (unpaired) electrons. The number of aliphatic hydroxyl groups is 3. The molecule has 1 saturated carbocycles. The molecular formula is C22H38O5. The molecule has 0 aromatic rings. The van der Waals surface area contributed by atoms with E-state index in [1.165, 1.54) is 0 Å². The van der Waals surface area contributed by atoms with E-state index in [-0.39, 0.29) is 18.3 Å². The highest BCUT2D eigenvalue weighted by Gasteiger charge is 2.39. The summed E-state index contributed by atoms with van der Waals surface area (Å²) in [7, 11) is 0. The number of hydrogen-bond acceptors (Lipinski definition) is 4. The summed E-state index contributed by atoms with van der Waals surface area (Å²) in [6, 6.07) is 0. The average molecular weight is 383 g/mol. The Kier molecular flexibility index (Phi) is 12.3. The molecule has 0 aliphatic heterocycles. The van der Waals surface area contributed by atoms with Gasteiger partial charge in [0.2, 0.25) is 0 Å². The smallest absolute Gasteiger partial charge is 0.303 e. The zero-order valence-electron chi connectivity index (χ0n) is 16.7. The van der Waals surface area contributed by atoms with Gasteiger partial charge in [-0.15, -0.1) is 0 Å². The molecule has 1 aliphatic carbocycles. The standard InChI is InChI=1S/C22H38O5/c1-2-3-8-11-17(23)14-15-19-18(20(24)16-21(19)25)12-9-6-4-5-7-10-13-22(26)27/h6,9,14-15,17-21,23-25H,2-5,7-8,10-13,16H2,1H3,(H,26,27)/b9-6+,15-14+/t17-,18+,19+,20-,21+/m0/s1. The molecular weight excluding hydrogens is 344 g/mol. The predicted octanol–water partition coefficient (Wildman–Crippen LogP) is 3.82. The minimum absolute atomic E-state index is 0.0256.